The number of nitrogens with zero attached hydrogens (tertiary/aromatic N) is 1. The van der Waals surface area contributed by atoms with Crippen LogP contribution in [0.4, 0.5) is 0 Å². The molecule has 1 heterocycles. The van der Waals surface area contributed by atoms with Gasteiger partial charge in [-0.25, -0.2) is 0 Å². The first-order chi connectivity index (χ1) is 8.68. The summed E-state index contributed by atoms with van der Waals surface area (Å²) in [4.78, 5) is 14.2. The fourth-order valence-electron chi connectivity index (χ4n) is 2.15. The van der Waals surface area contributed by atoms with Crippen molar-refractivity contribution in [2.24, 2.45) is 0 Å². The van der Waals surface area contributed by atoms with Crippen LogP contribution in [0.5, 0.6) is 0 Å². The molecule has 1 atom stereocenters. The molecule has 0 N–H and O–H groups in total. The molecule has 3 nitrogen and oxygen atoms in total. The third kappa shape index (κ3) is 3.31. The van der Waals surface area contributed by atoms with Gasteiger partial charge in [-0.2, -0.15) is 0 Å². The van der Waals surface area contributed by atoms with Crippen molar-refractivity contribution in [2.75, 3.05) is 26.8 Å². The zero-order valence-corrected chi connectivity index (χ0v) is 11.3. The number of Topliss-reactive ketones (excluding diaryl/α,β-unsaturated/α-hetero) is 1. The van der Waals surface area contributed by atoms with Gasteiger partial charge >= 0.3 is 0 Å². The summed E-state index contributed by atoms with van der Waals surface area (Å²) in [5.41, 5.74) is 0.621. The summed E-state index contributed by atoms with van der Waals surface area (Å²) in [6.07, 6.45) is 1.55. The van der Waals surface area contributed by atoms with Crippen LogP contribution in [0.2, 0.25) is 5.02 Å². The summed E-state index contributed by atoms with van der Waals surface area (Å²) >= 11 is 6.01. The molecule has 98 valence electrons. The molecule has 0 bridgehead atoms. The first kappa shape index (κ1) is 13.5. The summed E-state index contributed by atoms with van der Waals surface area (Å²) < 4.78 is 5.34. The zero-order valence-electron chi connectivity index (χ0n) is 10.6. The fraction of sp³-hybridized carbons (Fsp3) is 0.500. The van der Waals surface area contributed by atoms with Crippen LogP contribution in [-0.4, -0.2) is 43.5 Å². The van der Waals surface area contributed by atoms with Crippen LogP contribution in [0.15, 0.2) is 24.3 Å². The second-order valence-corrected chi connectivity index (χ2v) is 5.06. The number of likely N-dealkylation sites (N-methyl/N-ethyl adjacent to an activating group) is 1. The Labute approximate surface area is 113 Å². The van der Waals surface area contributed by atoms with Gasteiger partial charge in [0.25, 0.3) is 0 Å². The van der Waals surface area contributed by atoms with E-state index in [1.54, 1.807) is 12.1 Å². The van der Waals surface area contributed by atoms with Crippen molar-refractivity contribution in [3.8, 4) is 0 Å². The molecule has 0 saturated carbocycles. The van der Waals surface area contributed by atoms with Crippen LogP contribution < -0.4 is 0 Å². The van der Waals surface area contributed by atoms with E-state index in [1.165, 1.54) is 0 Å². The molecule has 4 heteroatoms. The van der Waals surface area contributed by atoms with Crippen LogP contribution in [0.1, 0.15) is 23.2 Å². The quantitative estimate of drug-likeness (QED) is 0.768. The SMILES string of the molecule is CN(CCC(=O)c1ccccc1Cl)C1CCOC1. The van der Waals surface area contributed by atoms with Crippen LogP contribution in [-0.2, 0) is 4.74 Å². The minimum Gasteiger partial charge on any atom is -0.380 e. The van der Waals surface area contributed by atoms with Gasteiger partial charge in [0.2, 0.25) is 0 Å². The number of ketones is 1. The first-order valence-electron chi connectivity index (χ1n) is 6.24. The molecule has 1 aromatic rings. The molecule has 1 saturated heterocycles. The molecule has 1 aliphatic rings. The van der Waals surface area contributed by atoms with E-state index in [1.807, 2.05) is 19.2 Å². The van der Waals surface area contributed by atoms with Crippen LogP contribution in [0.25, 0.3) is 0 Å². The molecule has 1 fully saturated rings. The predicted octanol–water partition coefficient (Wildman–Crippen LogP) is 2.63. The summed E-state index contributed by atoms with van der Waals surface area (Å²) in [5.74, 6) is 0.103. The number of benzene rings is 1. The lowest BCUT2D eigenvalue weighted by molar-refractivity contribution is 0.0954. The number of ether oxygens (including phenoxy) is 1. The maximum absolute atomic E-state index is 12.0. The van der Waals surface area contributed by atoms with Crippen molar-refractivity contribution in [1.82, 2.24) is 4.90 Å². The molecule has 1 aliphatic heterocycles. The van der Waals surface area contributed by atoms with E-state index < -0.39 is 0 Å². The van der Waals surface area contributed by atoms with E-state index in [4.69, 9.17) is 16.3 Å². The molecule has 0 aromatic heterocycles. The Bertz CT molecular complexity index is 416. The van der Waals surface area contributed by atoms with E-state index in [0.717, 1.165) is 26.2 Å². The number of hydrogen-bond acceptors (Lipinski definition) is 3. The number of hydrogen-bond donors (Lipinski definition) is 0. The van der Waals surface area contributed by atoms with Crippen LogP contribution >= 0.6 is 11.6 Å². The van der Waals surface area contributed by atoms with Gasteiger partial charge in [0.05, 0.1) is 11.6 Å². The van der Waals surface area contributed by atoms with Gasteiger partial charge in [-0.05, 0) is 25.6 Å². The van der Waals surface area contributed by atoms with Gasteiger partial charge in [0.15, 0.2) is 5.78 Å². The van der Waals surface area contributed by atoms with Gasteiger partial charge in [-0.15, -0.1) is 0 Å². The van der Waals surface area contributed by atoms with Gasteiger partial charge in [0, 0.05) is 31.2 Å². The Balaban J connectivity index is 1.86. The van der Waals surface area contributed by atoms with Crippen molar-refractivity contribution in [1.29, 1.82) is 0 Å². The molecule has 1 aromatic carbocycles. The number of carbonyl (C=O) groups is 1. The van der Waals surface area contributed by atoms with Gasteiger partial charge < -0.3 is 9.64 Å². The van der Waals surface area contributed by atoms with Crippen molar-refractivity contribution >= 4 is 17.4 Å². The Morgan fingerprint density at radius 2 is 2.28 bits per heavy atom. The van der Waals surface area contributed by atoms with Crippen molar-refractivity contribution in [3.05, 3.63) is 34.9 Å². The highest BCUT2D eigenvalue weighted by Gasteiger charge is 2.20. The summed E-state index contributed by atoms with van der Waals surface area (Å²) in [5, 5.41) is 0.536. The lowest BCUT2D eigenvalue weighted by Gasteiger charge is -2.22. The average Bonchev–Trinajstić information content (AvgIpc) is 2.90. The van der Waals surface area contributed by atoms with Crippen molar-refractivity contribution < 1.29 is 9.53 Å². The highest BCUT2D eigenvalue weighted by atomic mass is 35.5. The van der Waals surface area contributed by atoms with Crippen molar-refractivity contribution in [3.63, 3.8) is 0 Å². The number of rotatable bonds is 5. The average molecular weight is 268 g/mol. The summed E-state index contributed by atoms with van der Waals surface area (Å²) in [6.45, 7) is 2.35. The smallest absolute Gasteiger partial charge is 0.165 e. The third-order valence-electron chi connectivity index (χ3n) is 3.39. The summed E-state index contributed by atoms with van der Waals surface area (Å²) in [7, 11) is 2.04. The number of halogens is 1. The molecule has 2 rings (SSSR count). The fourth-order valence-corrected chi connectivity index (χ4v) is 2.39. The minimum absolute atomic E-state index is 0.103. The standard InChI is InChI=1S/C14H18ClNO2/c1-16(11-7-9-18-10-11)8-6-14(17)12-4-2-3-5-13(12)15/h2-5,11H,6-10H2,1H3. The molecular formula is C14H18ClNO2. The molecule has 0 amide bonds. The van der Waals surface area contributed by atoms with E-state index in [9.17, 15) is 4.79 Å². The Morgan fingerprint density at radius 3 is 2.94 bits per heavy atom. The second kappa shape index (κ2) is 6.32. The van der Waals surface area contributed by atoms with E-state index in [-0.39, 0.29) is 5.78 Å². The predicted molar refractivity (Wildman–Crippen MR) is 72.3 cm³/mol. The van der Waals surface area contributed by atoms with E-state index in [2.05, 4.69) is 4.90 Å². The van der Waals surface area contributed by atoms with Gasteiger partial charge in [-0.1, -0.05) is 23.7 Å². The highest BCUT2D eigenvalue weighted by Crippen LogP contribution is 2.17. The molecule has 0 radical (unpaired) electrons. The number of carbonyl (C=O) groups excluding carboxylic acids is 1. The minimum atomic E-state index is 0.103. The normalized spacial score (nSPS) is 19.4. The van der Waals surface area contributed by atoms with Crippen LogP contribution in [0.3, 0.4) is 0 Å². The molecular weight excluding hydrogens is 250 g/mol. The van der Waals surface area contributed by atoms with Crippen LogP contribution in [0, 0.1) is 0 Å². The Kier molecular flexibility index (Phi) is 4.75. The van der Waals surface area contributed by atoms with Crippen molar-refractivity contribution in [2.45, 2.75) is 18.9 Å². The first-order valence-corrected chi connectivity index (χ1v) is 6.62. The topological polar surface area (TPSA) is 29.5 Å². The molecule has 0 spiro atoms. The van der Waals surface area contributed by atoms with E-state index in [0.29, 0.717) is 23.0 Å². The molecule has 1 unspecified atom stereocenters. The lowest BCUT2D eigenvalue weighted by Crippen LogP contribution is -2.33. The zero-order chi connectivity index (χ0) is 13.0. The molecule has 0 aliphatic carbocycles. The Morgan fingerprint density at radius 1 is 1.50 bits per heavy atom. The lowest BCUT2D eigenvalue weighted by atomic mass is 10.1. The summed E-state index contributed by atoms with van der Waals surface area (Å²) in [6, 6.07) is 7.66. The van der Waals surface area contributed by atoms with Gasteiger partial charge in [-0.3, -0.25) is 4.79 Å². The van der Waals surface area contributed by atoms with Gasteiger partial charge in [0.1, 0.15) is 0 Å². The largest absolute Gasteiger partial charge is 0.380 e. The second-order valence-electron chi connectivity index (χ2n) is 4.65. The Hall–Kier alpha value is -0.900. The highest BCUT2D eigenvalue weighted by molar-refractivity contribution is 6.33. The maximum atomic E-state index is 12.0. The molecule has 18 heavy (non-hydrogen) atoms. The third-order valence-corrected chi connectivity index (χ3v) is 3.72. The van der Waals surface area contributed by atoms with E-state index >= 15 is 0 Å². The maximum Gasteiger partial charge on any atom is 0.165 e. The monoisotopic (exact) mass is 267 g/mol.